The van der Waals surface area contributed by atoms with Gasteiger partial charge in [0, 0.05) is 31.8 Å². The van der Waals surface area contributed by atoms with E-state index in [1.807, 2.05) is 0 Å². The number of rotatable bonds is 6. The Bertz CT molecular complexity index is 758. The van der Waals surface area contributed by atoms with Gasteiger partial charge in [-0.3, -0.25) is 14.4 Å². The Morgan fingerprint density at radius 3 is 2.54 bits per heavy atom. The highest BCUT2D eigenvalue weighted by molar-refractivity contribution is 7.91. The van der Waals surface area contributed by atoms with Crippen LogP contribution in [0.2, 0.25) is 0 Å². The summed E-state index contributed by atoms with van der Waals surface area (Å²) in [6, 6.07) is -0.260. The third-order valence-corrected chi connectivity index (χ3v) is 7.23. The Kier molecular flexibility index (Phi) is 6.69. The second-order valence-electron chi connectivity index (χ2n) is 7.75. The molecule has 0 aromatic heterocycles. The number of hydrogen-bond donors (Lipinski definition) is 2. The fourth-order valence-electron chi connectivity index (χ4n) is 3.93. The number of carbonyl (C=O) groups is 3. The van der Waals surface area contributed by atoms with Crippen LogP contribution in [0.1, 0.15) is 57.8 Å². The molecule has 0 spiro atoms. The first kappa shape index (κ1) is 20.8. The van der Waals surface area contributed by atoms with Gasteiger partial charge in [0.2, 0.25) is 11.8 Å². The molecule has 9 nitrogen and oxygen atoms in total. The second kappa shape index (κ2) is 9.02. The first-order chi connectivity index (χ1) is 13.3. The first-order valence-electron chi connectivity index (χ1n) is 10.0. The number of sulfone groups is 1. The molecule has 2 aliphatic heterocycles. The van der Waals surface area contributed by atoms with Crippen molar-refractivity contribution in [3.8, 4) is 0 Å². The zero-order valence-electron chi connectivity index (χ0n) is 16.0. The molecule has 2 heterocycles. The van der Waals surface area contributed by atoms with Crippen LogP contribution in [0.15, 0.2) is 5.10 Å². The molecule has 1 unspecified atom stereocenters. The van der Waals surface area contributed by atoms with Crippen LogP contribution in [0.3, 0.4) is 0 Å². The normalized spacial score (nSPS) is 25.3. The van der Waals surface area contributed by atoms with E-state index in [4.69, 9.17) is 0 Å². The van der Waals surface area contributed by atoms with Gasteiger partial charge in [0.05, 0.1) is 17.5 Å². The molecule has 28 heavy (non-hydrogen) atoms. The van der Waals surface area contributed by atoms with E-state index < -0.39 is 21.8 Å². The molecule has 2 N–H and O–H groups in total. The molecular formula is C18H28N4O5S. The third-order valence-electron chi connectivity index (χ3n) is 5.48. The van der Waals surface area contributed by atoms with E-state index in [9.17, 15) is 22.8 Å². The predicted octanol–water partition coefficient (Wildman–Crippen LogP) is 0.107. The zero-order valence-corrected chi connectivity index (χ0v) is 16.8. The van der Waals surface area contributed by atoms with Gasteiger partial charge in [0.1, 0.15) is 5.71 Å². The van der Waals surface area contributed by atoms with Crippen molar-refractivity contribution in [2.75, 3.05) is 18.1 Å². The van der Waals surface area contributed by atoms with Crippen molar-refractivity contribution in [1.29, 1.82) is 0 Å². The van der Waals surface area contributed by atoms with E-state index in [2.05, 4.69) is 15.7 Å². The molecule has 1 saturated carbocycles. The molecule has 10 heteroatoms. The first-order valence-corrected chi connectivity index (χ1v) is 11.8. The van der Waals surface area contributed by atoms with E-state index in [-0.39, 0.29) is 60.9 Å². The molecule has 3 aliphatic rings. The van der Waals surface area contributed by atoms with Gasteiger partial charge in [-0.15, -0.1) is 0 Å². The maximum atomic E-state index is 12.3. The van der Waals surface area contributed by atoms with Gasteiger partial charge >= 0.3 is 0 Å². The molecule has 0 bridgehead atoms. The van der Waals surface area contributed by atoms with Crippen LogP contribution in [0.4, 0.5) is 0 Å². The van der Waals surface area contributed by atoms with Gasteiger partial charge in [-0.2, -0.15) is 5.10 Å². The van der Waals surface area contributed by atoms with Gasteiger partial charge in [-0.05, 0) is 19.3 Å². The minimum atomic E-state index is -3.15. The Hall–Kier alpha value is -1.97. The summed E-state index contributed by atoms with van der Waals surface area (Å²) >= 11 is 0. The summed E-state index contributed by atoms with van der Waals surface area (Å²) in [5.74, 6) is -0.826. The Morgan fingerprint density at radius 1 is 1.11 bits per heavy atom. The smallest absolute Gasteiger partial charge is 0.267 e. The largest absolute Gasteiger partial charge is 0.353 e. The highest BCUT2D eigenvalue weighted by Gasteiger charge is 2.37. The fraction of sp³-hybridized carbons (Fsp3) is 0.778. The van der Waals surface area contributed by atoms with E-state index in [1.54, 1.807) is 0 Å². The van der Waals surface area contributed by atoms with E-state index in [0.29, 0.717) is 6.42 Å². The van der Waals surface area contributed by atoms with Crippen molar-refractivity contribution in [1.82, 2.24) is 15.6 Å². The van der Waals surface area contributed by atoms with Crippen molar-refractivity contribution >= 4 is 33.3 Å². The molecular weight excluding hydrogens is 384 g/mol. The fourth-order valence-corrected chi connectivity index (χ4v) is 5.62. The predicted molar refractivity (Wildman–Crippen MR) is 103 cm³/mol. The van der Waals surface area contributed by atoms with Crippen molar-refractivity contribution in [3.63, 3.8) is 0 Å². The minimum absolute atomic E-state index is 0.0363. The molecule has 0 aromatic carbocycles. The Labute approximate surface area is 165 Å². The quantitative estimate of drug-likeness (QED) is 0.640. The lowest BCUT2D eigenvalue weighted by Gasteiger charge is -2.27. The van der Waals surface area contributed by atoms with Gasteiger partial charge in [-0.1, -0.05) is 19.3 Å². The van der Waals surface area contributed by atoms with Crippen LogP contribution in [0.5, 0.6) is 0 Å². The van der Waals surface area contributed by atoms with E-state index in [1.165, 1.54) is 11.4 Å². The number of nitrogens with zero attached hydrogens (tertiary/aromatic N) is 2. The van der Waals surface area contributed by atoms with Crippen LogP contribution in [-0.4, -0.2) is 67.0 Å². The summed E-state index contributed by atoms with van der Waals surface area (Å²) in [4.78, 5) is 36.4. The Balaban J connectivity index is 1.47. The van der Waals surface area contributed by atoms with Crippen LogP contribution in [0.25, 0.3) is 0 Å². The highest BCUT2D eigenvalue weighted by Crippen LogP contribution is 2.22. The molecule has 0 aromatic rings. The minimum Gasteiger partial charge on any atom is -0.353 e. The molecule has 3 rings (SSSR count). The Morgan fingerprint density at radius 2 is 1.86 bits per heavy atom. The molecule has 1 atom stereocenters. The zero-order chi connectivity index (χ0) is 20.1. The monoisotopic (exact) mass is 412 g/mol. The van der Waals surface area contributed by atoms with E-state index in [0.717, 1.165) is 25.7 Å². The van der Waals surface area contributed by atoms with Gasteiger partial charge in [0.25, 0.3) is 5.91 Å². The van der Waals surface area contributed by atoms with Gasteiger partial charge < -0.3 is 10.6 Å². The van der Waals surface area contributed by atoms with Crippen LogP contribution < -0.4 is 10.6 Å². The molecule has 156 valence electrons. The lowest BCUT2D eigenvalue weighted by molar-refractivity contribution is -0.133. The van der Waals surface area contributed by atoms with Gasteiger partial charge in [-0.25, -0.2) is 13.4 Å². The lowest BCUT2D eigenvalue weighted by atomic mass is 9.95. The summed E-state index contributed by atoms with van der Waals surface area (Å²) < 4.78 is 23.3. The number of carbonyl (C=O) groups excluding carboxylic acids is 3. The number of hydrazone groups is 1. The number of nitrogens with one attached hydrogen (secondary N) is 2. The van der Waals surface area contributed by atoms with E-state index >= 15 is 0 Å². The van der Waals surface area contributed by atoms with Crippen molar-refractivity contribution < 1.29 is 22.8 Å². The van der Waals surface area contributed by atoms with Crippen LogP contribution >= 0.6 is 0 Å². The molecule has 3 amide bonds. The third kappa shape index (κ3) is 5.52. The summed E-state index contributed by atoms with van der Waals surface area (Å²) in [5, 5.41) is 11.0. The molecule has 0 radical (unpaired) electrons. The summed E-state index contributed by atoms with van der Waals surface area (Å²) in [6.45, 7) is 0.197. The van der Waals surface area contributed by atoms with Crippen molar-refractivity contribution in [3.05, 3.63) is 0 Å². The topological polar surface area (TPSA) is 125 Å². The number of hydrogen-bond acceptors (Lipinski definition) is 6. The average molecular weight is 413 g/mol. The van der Waals surface area contributed by atoms with Crippen molar-refractivity contribution in [2.24, 2.45) is 5.10 Å². The number of amides is 3. The maximum absolute atomic E-state index is 12.3. The van der Waals surface area contributed by atoms with Gasteiger partial charge in [0.15, 0.2) is 9.84 Å². The molecule has 1 saturated heterocycles. The summed E-state index contributed by atoms with van der Waals surface area (Å²) in [6.07, 6.45) is 6.40. The maximum Gasteiger partial charge on any atom is 0.267 e. The summed E-state index contributed by atoms with van der Waals surface area (Å²) in [5.41, 5.74) is 0.205. The molecule has 2 fully saturated rings. The highest BCUT2D eigenvalue weighted by atomic mass is 32.2. The second-order valence-corrected chi connectivity index (χ2v) is 9.98. The van der Waals surface area contributed by atoms with Crippen molar-refractivity contribution in [2.45, 2.75) is 69.9 Å². The standard InChI is InChI=1S/C18H28N4O5S/c23-16(20-13-4-2-1-3-5-13)8-10-19-18(25)15-6-7-17(24)22(21-15)14-9-11-28(26,27)12-14/h13-14H,1-12H2,(H,19,25)(H,20,23). The molecule has 1 aliphatic carbocycles. The average Bonchev–Trinajstić information content (AvgIpc) is 3.02. The van der Waals surface area contributed by atoms with Crippen LogP contribution in [0, 0.1) is 0 Å². The summed E-state index contributed by atoms with van der Waals surface area (Å²) in [7, 11) is -3.15. The SMILES string of the molecule is O=C(CCNC(=O)C1=NN(C2CCS(=O)(=O)C2)C(=O)CC1)NC1CCCCC1. The lowest BCUT2D eigenvalue weighted by Crippen LogP contribution is -2.44. The van der Waals surface area contributed by atoms with Crippen LogP contribution in [-0.2, 0) is 24.2 Å².